The quantitative estimate of drug-likeness (QED) is 0.773. The van der Waals surface area contributed by atoms with Gasteiger partial charge in [-0.15, -0.1) is 0 Å². The van der Waals surface area contributed by atoms with Crippen molar-refractivity contribution >= 4 is 0 Å². The van der Waals surface area contributed by atoms with Crippen LogP contribution in [0.25, 0.3) is 0 Å². The average molecular weight is 307 g/mol. The number of fused-ring (bicyclic) bond motifs is 1. The molecule has 0 atom stereocenters. The molecule has 1 aromatic rings. The standard InChI is InChI=1S/C17H29N3O2/c1-13(2)18-11-14-10-15-12-19(3)8-6-16(15)20(17(14)21)7-5-9-22-4/h10,13,18H,5-9,11-12H2,1-4H3. The van der Waals surface area contributed by atoms with E-state index >= 15 is 0 Å². The second kappa shape index (κ2) is 7.90. The van der Waals surface area contributed by atoms with Gasteiger partial charge in [0, 0.05) is 63.6 Å². The highest BCUT2D eigenvalue weighted by Crippen LogP contribution is 2.18. The molecule has 0 radical (unpaired) electrons. The third-order valence-electron chi connectivity index (χ3n) is 4.17. The van der Waals surface area contributed by atoms with Crippen molar-refractivity contribution in [3.63, 3.8) is 0 Å². The number of methoxy groups -OCH3 is 1. The van der Waals surface area contributed by atoms with Crippen LogP contribution >= 0.6 is 0 Å². The minimum atomic E-state index is 0.160. The average Bonchev–Trinajstić information content (AvgIpc) is 2.47. The van der Waals surface area contributed by atoms with Gasteiger partial charge in [0.15, 0.2) is 0 Å². The number of hydrogen-bond donors (Lipinski definition) is 1. The van der Waals surface area contributed by atoms with Gasteiger partial charge in [-0.1, -0.05) is 13.8 Å². The van der Waals surface area contributed by atoms with Crippen LogP contribution in [0.15, 0.2) is 10.9 Å². The van der Waals surface area contributed by atoms with Gasteiger partial charge in [0.2, 0.25) is 0 Å². The lowest BCUT2D eigenvalue weighted by molar-refractivity contribution is 0.189. The van der Waals surface area contributed by atoms with E-state index in [0.29, 0.717) is 19.2 Å². The fourth-order valence-corrected chi connectivity index (χ4v) is 2.97. The van der Waals surface area contributed by atoms with E-state index in [0.717, 1.165) is 38.0 Å². The summed E-state index contributed by atoms with van der Waals surface area (Å²) in [4.78, 5) is 15.1. The lowest BCUT2D eigenvalue weighted by Gasteiger charge is -2.28. The maximum absolute atomic E-state index is 12.8. The van der Waals surface area contributed by atoms with Crippen LogP contribution < -0.4 is 10.9 Å². The summed E-state index contributed by atoms with van der Waals surface area (Å²) in [6, 6.07) is 2.48. The molecule has 5 nitrogen and oxygen atoms in total. The van der Waals surface area contributed by atoms with Crippen LogP contribution in [0, 0.1) is 0 Å². The first-order valence-electron chi connectivity index (χ1n) is 8.18. The largest absolute Gasteiger partial charge is 0.385 e. The molecule has 1 N–H and O–H groups in total. The minimum absolute atomic E-state index is 0.160. The van der Waals surface area contributed by atoms with Gasteiger partial charge < -0.3 is 19.5 Å². The summed E-state index contributed by atoms with van der Waals surface area (Å²) >= 11 is 0. The number of rotatable bonds is 7. The summed E-state index contributed by atoms with van der Waals surface area (Å²) in [5.41, 5.74) is 3.55. The highest BCUT2D eigenvalue weighted by atomic mass is 16.5. The van der Waals surface area contributed by atoms with Crippen LogP contribution in [0.3, 0.4) is 0 Å². The van der Waals surface area contributed by atoms with Gasteiger partial charge in [-0.25, -0.2) is 0 Å². The lowest BCUT2D eigenvalue weighted by atomic mass is 10.0. The zero-order valence-corrected chi connectivity index (χ0v) is 14.3. The highest BCUT2D eigenvalue weighted by molar-refractivity contribution is 5.29. The summed E-state index contributed by atoms with van der Waals surface area (Å²) in [7, 11) is 3.84. The van der Waals surface area contributed by atoms with Gasteiger partial charge in [-0.2, -0.15) is 0 Å². The van der Waals surface area contributed by atoms with Gasteiger partial charge in [0.1, 0.15) is 0 Å². The first-order chi connectivity index (χ1) is 10.5. The Morgan fingerprint density at radius 3 is 2.86 bits per heavy atom. The zero-order chi connectivity index (χ0) is 16.1. The fraction of sp³-hybridized carbons (Fsp3) is 0.706. The molecule has 0 unspecified atom stereocenters. The molecule has 1 aliphatic heterocycles. The van der Waals surface area contributed by atoms with Gasteiger partial charge >= 0.3 is 0 Å². The normalized spacial score (nSPS) is 15.3. The topological polar surface area (TPSA) is 46.5 Å². The number of aromatic nitrogens is 1. The molecule has 0 aromatic carbocycles. The Balaban J connectivity index is 2.33. The maximum Gasteiger partial charge on any atom is 0.255 e. The minimum Gasteiger partial charge on any atom is -0.385 e. The summed E-state index contributed by atoms with van der Waals surface area (Å²) in [6.07, 6.45) is 1.83. The molecule has 124 valence electrons. The van der Waals surface area contributed by atoms with Crippen LogP contribution in [-0.2, 0) is 30.8 Å². The number of nitrogens with one attached hydrogen (secondary N) is 1. The molecule has 0 saturated carbocycles. The van der Waals surface area contributed by atoms with Crippen molar-refractivity contribution in [2.45, 2.75) is 52.4 Å². The van der Waals surface area contributed by atoms with Crippen molar-refractivity contribution < 1.29 is 4.74 Å². The summed E-state index contributed by atoms with van der Waals surface area (Å²) in [6.45, 7) is 8.21. The molecule has 0 saturated heterocycles. The molecule has 0 aliphatic carbocycles. The summed E-state index contributed by atoms with van der Waals surface area (Å²) in [5, 5.41) is 3.36. The van der Waals surface area contributed by atoms with Crippen LogP contribution in [-0.4, -0.2) is 42.8 Å². The highest BCUT2D eigenvalue weighted by Gasteiger charge is 2.19. The van der Waals surface area contributed by atoms with Crippen LogP contribution in [0.4, 0.5) is 0 Å². The van der Waals surface area contributed by atoms with Gasteiger partial charge in [0.25, 0.3) is 5.56 Å². The molecule has 2 rings (SSSR count). The second-order valence-corrected chi connectivity index (χ2v) is 6.47. The van der Waals surface area contributed by atoms with E-state index in [1.807, 2.05) is 4.57 Å². The molecule has 22 heavy (non-hydrogen) atoms. The number of likely N-dealkylation sites (N-methyl/N-ethyl adjacent to an activating group) is 1. The molecular weight excluding hydrogens is 278 g/mol. The summed E-state index contributed by atoms with van der Waals surface area (Å²) in [5.74, 6) is 0. The Bertz CT molecular complexity index is 552. The Morgan fingerprint density at radius 1 is 1.41 bits per heavy atom. The van der Waals surface area contributed by atoms with Crippen LogP contribution in [0.5, 0.6) is 0 Å². The van der Waals surface area contributed by atoms with E-state index in [9.17, 15) is 4.79 Å². The van der Waals surface area contributed by atoms with E-state index < -0.39 is 0 Å². The van der Waals surface area contributed by atoms with E-state index in [1.54, 1.807) is 7.11 Å². The Hall–Kier alpha value is -1.17. The Labute approximate surface area is 133 Å². The second-order valence-electron chi connectivity index (χ2n) is 6.47. The fourth-order valence-electron chi connectivity index (χ4n) is 2.97. The molecule has 1 aliphatic rings. The van der Waals surface area contributed by atoms with Crippen LogP contribution in [0.2, 0.25) is 0 Å². The molecule has 0 bridgehead atoms. The van der Waals surface area contributed by atoms with Gasteiger partial charge in [-0.05, 0) is 25.1 Å². The first-order valence-corrected chi connectivity index (χ1v) is 8.18. The van der Waals surface area contributed by atoms with Crippen LogP contribution in [0.1, 0.15) is 37.1 Å². The predicted octanol–water partition coefficient (Wildman–Crippen LogP) is 1.37. The van der Waals surface area contributed by atoms with Crippen molar-refractivity contribution in [2.24, 2.45) is 0 Å². The van der Waals surface area contributed by atoms with Gasteiger partial charge in [-0.3, -0.25) is 4.79 Å². The van der Waals surface area contributed by atoms with E-state index in [2.05, 4.69) is 37.2 Å². The Kier molecular flexibility index (Phi) is 6.17. The molecule has 2 heterocycles. The third kappa shape index (κ3) is 4.18. The SMILES string of the molecule is COCCCn1c2c(cc(CNC(C)C)c1=O)CN(C)CC2. The van der Waals surface area contributed by atoms with E-state index in [4.69, 9.17) is 4.74 Å². The van der Waals surface area contributed by atoms with Crippen molar-refractivity contribution in [1.82, 2.24) is 14.8 Å². The number of nitrogens with zero attached hydrogens (tertiary/aromatic N) is 2. The molecule has 1 aromatic heterocycles. The third-order valence-corrected chi connectivity index (χ3v) is 4.17. The zero-order valence-electron chi connectivity index (χ0n) is 14.3. The molecule has 0 amide bonds. The van der Waals surface area contributed by atoms with Crippen molar-refractivity contribution in [3.05, 3.63) is 33.2 Å². The maximum atomic E-state index is 12.8. The number of hydrogen-bond acceptors (Lipinski definition) is 4. The molecule has 0 spiro atoms. The number of pyridine rings is 1. The van der Waals surface area contributed by atoms with E-state index in [-0.39, 0.29) is 5.56 Å². The first kappa shape index (κ1) is 17.2. The van der Waals surface area contributed by atoms with Crippen molar-refractivity contribution in [2.75, 3.05) is 27.3 Å². The summed E-state index contributed by atoms with van der Waals surface area (Å²) < 4.78 is 7.12. The van der Waals surface area contributed by atoms with Crippen molar-refractivity contribution in [3.8, 4) is 0 Å². The Morgan fingerprint density at radius 2 is 2.18 bits per heavy atom. The molecule has 0 fully saturated rings. The molecular formula is C17H29N3O2. The smallest absolute Gasteiger partial charge is 0.255 e. The lowest BCUT2D eigenvalue weighted by Crippen LogP contribution is -2.37. The molecule has 5 heteroatoms. The monoisotopic (exact) mass is 307 g/mol. The van der Waals surface area contributed by atoms with Crippen molar-refractivity contribution in [1.29, 1.82) is 0 Å². The number of ether oxygens (including phenoxy) is 1. The van der Waals surface area contributed by atoms with Gasteiger partial charge in [0.05, 0.1) is 0 Å². The van der Waals surface area contributed by atoms with E-state index in [1.165, 1.54) is 11.3 Å². The predicted molar refractivity (Wildman–Crippen MR) is 89.2 cm³/mol.